The first-order chi connectivity index (χ1) is 27.3. The van der Waals surface area contributed by atoms with Gasteiger partial charge in [0.05, 0.1) is 5.39 Å². The molecule has 3 heteroatoms. The average molecular weight is 703 g/mol. The third kappa shape index (κ3) is 4.44. The highest BCUT2D eigenvalue weighted by atomic mass is 16.3. The molecule has 0 fully saturated rings. The lowest BCUT2D eigenvalue weighted by Gasteiger charge is -2.17. The van der Waals surface area contributed by atoms with Gasteiger partial charge in [0, 0.05) is 32.7 Å². The SMILES string of the molecule is c1ccc(-c2oc3c(ccc4oc5ccc(-c6c7ccccc7c(-c7ccc8c(c7)oc7ccccc78)c7ccccc67)cc5c43)c2-c2ccccc2)cc1. The first-order valence-corrected chi connectivity index (χ1v) is 18.7. The second kappa shape index (κ2) is 11.6. The van der Waals surface area contributed by atoms with Gasteiger partial charge in [-0.3, -0.25) is 0 Å². The van der Waals surface area contributed by atoms with Gasteiger partial charge in [-0.25, -0.2) is 0 Å². The van der Waals surface area contributed by atoms with Crippen LogP contribution in [0.1, 0.15) is 0 Å². The molecule has 3 nitrogen and oxygen atoms in total. The fourth-order valence-electron chi connectivity index (χ4n) is 8.89. The van der Waals surface area contributed by atoms with E-state index in [-0.39, 0.29) is 0 Å². The summed E-state index contributed by atoms with van der Waals surface area (Å²) in [6.45, 7) is 0. The molecular formula is C52H30O3. The zero-order valence-electron chi connectivity index (χ0n) is 29.5. The maximum Gasteiger partial charge on any atom is 0.147 e. The lowest BCUT2D eigenvalue weighted by atomic mass is 9.85. The molecule has 0 aliphatic carbocycles. The van der Waals surface area contributed by atoms with Crippen LogP contribution in [0.5, 0.6) is 0 Å². The average Bonchev–Trinajstić information content (AvgIpc) is 3.94. The minimum absolute atomic E-state index is 0.804. The van der Waals surface area contributed by atoms with Gasteiger partial charge in [0.2, 0.25) is 0 Å². The van der Waals surface area contributed by atoms with Crippen molar-refractivity contribution in [1.82, 2.24) is 0 Å². The molecule has 0 amide bonds. The van der Waals surface area contributed by atoms with Crippen LogP contribution in [0, 0.1) is 0 Å². The van der Waals surface area contributed by atoms with E-state index in [0.29, 0.717) is 0 Å². The van der Waals surface area contributed by atoms with E-state index >= 15 is 0 Å². The summed E-state index contributed by atoms with van der Waals surface area (Å²) in [6, 6.07) is 64.2. The van der Waals surface area contributed by atoms with Crippen LogP contribution in [-0.4, -0.2) is 0 Å². The number of hydrogen-bond donors (Lipinski definition) is 0. The van der Waals surface area contributed by atoms with Crippen molar-refractivity contribution in [1.29, 1.82) is 0 Å². The third-order valence-corrected chi connectivity index (χ3v) is 11.3. The summed E-state index contributed by atoms with van der Waals surface area (Å²) in [5.41, 5.74) is 12.1. The summed E-state index contributed by atoms with van der Waals surface area (Å²) < 4.78 is 19.9. The van der Waals surface area contributed by atoms with E-state index in [9.17, 15) is 0 Å². The predicted molar refractivity (Wildman–Crippen MR) is 228 cm³/mol. The maximum absolute atomic E-state index is 6.95. The lowest BCUT2D eigenvalue weighted by molar-refractivity contribution is 0.634. The molecule has 0 aliphatic heterocycles. The van der Waals surface area contributed by atoms with Crippen LogP contribution in [0.2, 0.25) is 0 Å². The summed E-state index contributed by atoms with van der Waals surface area (Å²) in [7, 11) is 0. The van der Waals surface area contributed by atoms with Gasteiger partial charge in [0.1, 0.15) is 33.7 Å². The van der Waals surface area contributed by atoms with Crippen LogP contribution in [0.15, 0.2) is 195 Å². The Kier molecular flexibility index (Phi) is 6.34. The van der Waals surface area contributed by atoms with E-state index in [1.54, 1.807) is 0 Å². The number of fused-ring (bicyclic) bond motifs is 10. The number of benzene rings is 9. The summed E-state index contributed by atoms with van der Waals surface area (Å²) in [5, 5.41) is 10.1. The summed E-state index contributed by atoms with van der Waals surface area (Å²) in [5.74, 6) is 0.855. The van der Waals surface area contributed by atoms with Crippen molar-refractivity contribution in [2.75, 3.05) is 0 Å². The Labute approximate surface area is 315 Å². The molecule has 0 saturated heterocycles. The Hall–Kier alpha value is -7.36. The monoisotopic (exact) mass is 702 g/mol. The molecule has 55 heavy (non-hydrogen) atoms. The maximum atomic E-state index is 6.95. The van der Waals surface area contributed by atoms with Gasteiger partial charge in [-0.1, -0.05) is 140 Å². The van der Waals surface area contributed by atoms with Crippen LogP contribution in [0.4, 0.5) is 0 Å². The number of furan rings is 3. The minimum Gasteiger partial charge on any atom is -0.456 e. The quantitative estimate of drug-likeness (QED) is 0.171. The molecule has 0 bridgehead atoms. The first kappa shape index (κ1) is 30.1. The van der Waals surface area contributed by atoms with Crippen molar-refractivity contribution in [3.8, 4) is 44.7 Å². The van der Waals surface area contributed by atoms with Gasteiger partial charge in [-0.2, -0.15) is 0 Å². The fraction of sp³-hybridized carbons (Fsp3) is 0. The van der Waals surface area contributed by atoms with E-state index in [2.05, 4.69) is 164 Å². The summed E-state index contributed by atoms with van der Waals surface area (Å²) in [6.07, 6.45) is 0. The largest absolute Gasteiger partial charge is 0.456 e. The molecule has 0 unspecified atom stereocenters. The molecule has 0 atom stereocenters. The van der Waals surface area contributed by atoms with Crippen molar-refractivity contribution in [3.05, 3.63) is 182 Å². The van der Waals surface area contributed by atoms with Crippen LogP contribution in [-0.2, 0) is 0 Å². The molecule has 12 aromatic rings. The van der Waals surface area contributed by atoms with E-state index in [4.69, 9.17) is 13.3 Å². The normalized spacial score (nSPS) is 12.0. The highest BCUT2D eigenvalue weighted by molar-refractivity contribution is 6.24. The molecule has 0 saturated carbocycles. The van der Waals surface area contributed by atoms with E-state index in [0.717, 1.165) is 88.4 Å². The van der Waals surface area contributed by atoms with Crippen molar-refractivity contribution in [2.45, 2.75) is 0 Å². The second-order valence-corrected chi connectivity index (χ2v) is 14.3. The van der Waals surface area contributed by atoms with Crippen LogP contribution >= 0.6 is 0 Å². The molecule has 0 radical (unpaired) electrons. The van der Waals surface area contributed by atoms with Crippen LogP contribution in [0.25, 0.3) is 121 Å². The van der Waals surface area contributed by atoms with Gasteiger partial charge in [0.15, 0.2) is 0 Å². The minimum atomic E-state index is 0.804. The topological polar surface area (TPSA) is 39.4 Å². The molecule has 9 aromatic carbocycles. The molecule has 0 aliphatic rings. The standard InChI is InChI=1S/C52H30O3/c1-3-13-31(14-4-1)49-41-26-28-45-50(52(41)55-51(49)32-15-5-2-6-16-32)42-29-33(24-27-44(42)53-45)47-37-18-7-9-20-39(37)48(40-21-10-8-19-38(40)47)34-23-25-36-35-17-11-12-22-43(35)54-46(36)30-34/h1-30H. The van der Waals surface area contributed by atoms with E-state index in [1.807, 2.05) is 18.2 Å². The number of rotatable bonds is 4. The third-order valence-electron chi connectivity index (χ3n) is 11.3. The first-order valence-electron chi connectivity index (χ1n) is 18.7. The van der Waals surface area contributed by atoms with Crippen molar-refractivity contribution in [2.24, 2.45) is 0 Å². The molecular weight excluding hydrogens is 673 g/mol. The highest BCUT2D eigenvalue weighted by Gasteiger charge is 2.23. The van der Waals surface area contributed by atoms with Crippen molar-refractivity contribution >= 4 is 76.4 Å². The zero-order chi connectivity index (χ0) is 36.0. The number of para-hydroxylation sites is 1. The Balaban J connectivity index is 1.12. The van der Waals surface area contributed by atoms with Crippen molar-refractivity contribution in [3.63, 3.8) is 0 Å². The van der Waals surface area contributed by atoms with Gasteiger partial charge in [-0.05, 0) is 91.8 Å². The summed E-state index contributed by atoms with van der Waals surface area (Å²) in [4.78, 5) is 0. The fourth-order valence-corrected chi connectivity index (χ4v) is 8.89. The van der Waals surface area contributed by atoms with Crippen LogP contribution < -0.4 is 0 Å². The molecule has 12 rings (SSSR count). The molecule has 3 heterocycles. The van der Waals surface area contributed by atoms with Crippen LogP contribution in [0.3, 0.4) is 0 Å². The Morgan fingerprint density at radius 2 is 0.745 bits per heavy atom. The Bertz CT molecular complexity index is 3420. The van der Waals surface area contributed by atoms with Gasteiger partial charge in [-0.15, -0.1) is 0 Å². The van der Waals surface area contributed by atoms with E-state index in [1.165, 1.54) is 32.7 Å². The van der Waals surface area contributed by atoms with E-state index < -0.39 is 0 Å². The van der Waals surface area contributed by atoms with Crippen molar-refractivity contribution < 1.29 is 13.3 Å². The smallest absolute Gasteiger partial charge is 0.147 e. The Morgan fingerprint density at radius 1 is 0.255 bits per heavy atom. The highest BCUT2D eigenvalue weighted by Crippen LogP contribution is 2.48. The second-order valence-electron chi connectivity index (χ2n) is 14.3. The molecule has 256 valence electrons. The predicted octanol–water partition coefficient (Wildman–Crippen LogP) is 15.2. The zero-order valence-corrected chi connectivity index (χ0v) is 29.5. The van der Waals surface area contributed by atoms with Gasteiger partial charge >= 0.3 is 0 Å². The van der Waals surface area contributed by atoms with Gasteiger partial charge in [0.25, 0.3) is 0 Å². The molecule has 3 aromatic heterocycles. The lowest BCUT2D eigenvalue weighted by Crippen LogP contribution is -1.90. The number of hydrogen-bond acceptors (Lipinski definition) is 3. The molecule has 0 spiro atoms. The molecule has 0 N–H and O–H groups in total. The summed E-state index contributed by atoms with van der Waals surface area (Å²) >= 11 is 0. The Morgan fingerprint density at radius 3 is 1.44 bits per heavy atom. The van der Waals surface area contributed by atoms with Gasteiger partial charge < -0.3 is 13.3 Å².